The van der Waals surface area contributed by atoms with Crippen LogP contribution < -0.4 is 10.2 Å². The number of rotatable bonds is 5. The summed E-state index contributed by atoms with van der Waals surface area (Å²) in [6, 6.07) is 3.31. The lowest BCUT2D eigenvalue weighted by Crippen LogP contribution is -2.63. The van der Waals surface area contributed by atoms with E-state index in [0.29, 0.717) is 42.4 Å². The summed E-state index contributed by atoms with van der Waals surface area (Å²) in [5.41, 5.74) is 0.485. The molecule has 0 saturated carbocycles. The molecule has 0 aliphatic carbocycles. The van der Waals surface area contributed by atoms with E-state index in [1.54, 1.807) is 17.9 Å². The normalized spacial score (nSPS) is 19.6. The average Bonchev–Trinajstić information content (AvgIpc) is 3.28. The molecule has 5 rings (SSSR count). The van der Waals surface area contributed by atoms with Crippen molar-refractivity contribution in [3.8, 4) is 0 Å². The van der Waals surface area contributed by atoms with Gasteiger partial charge in [-0.1, -0.05) is 18.2 Å². The fraction of sp³-hybridized carbons (Fsp3) is 0.458. The van der Waals surface area contributed by atoms with Crippen LogP contribution in [-0.2, 0) is 9.53 Å². The van der Waals surface area contributed by atoms with E-state index in [2.05, 4.69) is 15.3 Å². The molecule has 4 heterocycles. The Morgan fingerprint density at radius 2 is 2.00 bits per heavy atom. The lowest BCUT2D eigenvalue weighted by molar-refractivity contribution is -0.153. The summed E-state index contributed by atoms with van der Waals surface area (Å²) in [5.74, 6) is 0.0274. The number of aromatic nitrogens is 2. The third-order valence-corrected chi connectivity index (χ3v) is 6.77. The van der Waals surface area contributed by atoms with E-state index in [4.69, 9.17) is 4.74 Å². The van der Waals surface area contributed by atoms with Crippen LogP contribution in [0.3, 0.4) is 0 Å². The molecule has 34 heavy (non-hydrogen) atoms. The summed E-state index contributed by atoms with van der Waals surface area (Å²) in [7, 11) is 1.84. The maximum absolute atomic E-state index is 14.7. The molecule has 1 amide bonds. The first-order valence-electron chi connectivity index (χ1n) is 11.3. The number of carbonyl (C=O) groups is 1. The number of halogens is 3. The van der Waals surface area contributed by atoms with Gasteiger partial charge < -0.3 is 19.9 Å². The summed E-state index contributed by atoms with van der Waals surface area (Å²) < 4.78 is 46.8. The number of nitrogens with zero attached hydrogens (tertiary/aromatic N) is 4. The number of amides is 1. The fourth-order valence-electron chi connectivity index (χ4n) is 4.97. The van der Waals surface area contributed by atoms with Crippen molar-refractivity contribution in [3.05, 3.63) is 52.6 Å². The second-order valence-electron chi connectivity index (χ2n) is 9.20. The number of alkyl halides is 2. The number of anilines is 2. The minimum atomic E-state index is -2.90. The lowest BCUT2D eigenvalue weighted by Gasteiger charge is -2.47. The predicted octanol–water partition coefficient (Wildman–Crippen LogP) is 3.95. The Labute approximate surface area is 195 Å². The predicted molar refractivity (Wildman–Crippen MR) is 121 cm³/mol. The zero-order chi connectivity index (χ0) is 24.0. The first-order valence-corrected chi connectivity index (χ1v) is 11.3. The Morgan fingerprint density at radius 1 is 1.24 bits per heavy atom. The van der Waals surface area contributed by atoms with Crippen molar-refractivity contribution >= 4 is 23.6 Å². The zero-order valence-corrected chi connectivity index (χ0v) is 19.0. The smallest absolute Gasteiger partial charge is 0.266 e. The highest BCUT2D eigenvalue weighted by Gasteiger charge is 2.48. The van der Waals surface area contributed by atoms with Crippen LogP contribution in [0.2, 0.25) is 0 Å². The van der Waals surface area contributed by atoms with Crippen molar-refractivity contribution in [1.82, 2.24) is 14.9 Å². The number of nitrogens with one attached hydrogen (secondary N) is 1. The van der Waals surface area contributed by atoms with Gasteiger partial charge in [-0.05, 0) is 25.8 Å². The number of benzene rings is 1. The van der Waals surface area contributed by atoms with E-state index in [1.807, 2.05) is 11.9 Å². The van der Waals surface area contributed by atoms with Gasteiger partial charge in [0.1, 0.15) is 29.4 Å². The number of ether oxygens (including phenoxy) is 1. The third kappa shape index (κ3) is 3.89. The maximum atomic E-state index is 14.7. The molecular formula is C24H26F3N5O2. The van der Waals surface area contributed by atoms with Crippen molar-refractivity contribution < 1.29 is 22.7 Å². The molecule has 7 nitrogen and oxygen atoms in total. The number of hydrogen-bond acceptors (Lipinski definition) is 6. The molecule has 1 spiro atoms. The van der Waals surface area contributed by atoms with Gasteiger partial charge in [0.2, 0.25) is 0 Å². The molecule has 3 aliphatic rings. The Hall–Kier alpha value is -3.14. The Morgan fingerprint density at radius 3 is 2.71 bits per heavy atom. The first-order chi connectivity index (χ1) is 16.3. The van der Waals surface area contributed by atoms with Gasteiger partial charge in [-0.25, -0.2) is 23.1 Å². The van der Waals surface area contributed by atoms with Gasteiger partial charge in [-0.15, -0.1) is 0 Å². The summed E-state index contributed by atoms with van der Waals surface area (Å²) in [4.78, 5) is 25.5. The molecule has 2 saturated heterocycles. The molecule has 1 atom stereocenters. The zero-order valence-electron chi connectivity index (χ0n) is 19.0. The highest BCUT2D eigenvalue weighted by molar-refractivity contribution is 6.02. The Kier molecular flexibility index (Phi) is 5.71. The monoisotopic (exact) mass is 473 g/mol. The maximum Gasteiger partial charge on any atom is 0.266 e. The van der Waals surface area contributed by atoms with E-state index in [0.717, 1.165) is 25.5 Å². The van der Waals surface area contributed by atoms with E-state index in [1.165, 1.54) is 18.5 Å². The second-order valence-corrected chi connectivity index (χ2v) is 9.20. The van der Waals surface area contributed by atoms with Gasteiger partial charge in [-0.3, -0.25) is 4.79 Å². The summed E-state index contributed by atoms with van der Waals surface area (Å²) in [6.07, 6.45) is 2.24. The molecule has 1 aromatic heterocycles. The van der Waals surface area contributed by atoms with Gasteiger partial charge >= 0.3 is 0 Å². The average molecular weight is 473 g/mol. The van der Waals surface area contributed by atoms with Crippen LogP contribution in [0.4, 0.5) is 24.8 Å². The summed E-state index contributed by atoms with van der Waals surface area (Å²) in [6.45, 7) is 3.99. The minimum absolute atomic E-state index is 0.0582. The van der Waals surface area contributed by atoms with Crippen LogP contribution in [0.1, 0.15) is 48.9 Å². The minimum Gasteiger partial charge on any atom is -0.371 e. The van der Waals surface area contributed by atoms with Crippen LogP contribution in [-0.4, -0.2) is 59.7 Å². The molecule has 2 fully saturated rings. The van der Waals surface area contributed by atoms with E-state index >= 15 is 0 Å². The lowest BCUT2D eigenvalue weighted by atomic mass is 9.90. The number of likely N-dealkylation sites (N-methyl/N-ethyl adjacent to an activating group) is 1. The van der Waals surface area contributed by atoms with Crippen molar-refractivity contribution in [3.63, 3.8) is 0 Å². The molecule has 1 aromatic carbocycles. The molecule has 0 unspecified atom stereocenters. The third-order valence-electron chi connectivity index (χ3n) is 6.77. The molecule has 0 bridgehead atoms. The van der Waals surface area contributed by atoms with Gasteiger partial charge in [0.15, 0.2) is 0 Å². The van der Waals surface area contributed by atoms with Crippen LogP contribution in [0.15, 0.2) is 30.1 Å². The highest BCUT2D eigenvalue weighted by atomic mass is 19.3. The standard InChI is InChI=1S/C24H26F3N5O2/c1-14(16-5-3-6-17(19(16)25)20(26)27)30-21-18-9-15(10-31(2)22(18)29-13-28-21)23(33)32-11-24(12-32)7-4-8-34-24/h3,5-6,9,13-14,20H,4,7-8,10-12H2,1-2H3,(H,28,29,30)/t14-/m1/s1. The van der Waals surface area contributed by atoms with Gasteiger partial charge in [0.05, 0.1) is 30.3 Å². The number of carbonyl (C=O) groups excluding carboxylic acids is 1. The molecular weight excluding hydrogens is 447 g/mol. The largest absolute Gasteiger partial charge is 0.371 e. The van der Waals surface area contributed by atoms with Gasteiger partial charge in [-0.2, -0.15) is 0 Å². The van der Waals surface area contributed by atoms with Crippen molar-refractivity contribution in [2.45, 2.75) is 37.8 Å². The van der Waals surface area contributed by atoms with Crippen molar-refractivity contribution in [2.75, 3.05) is 43.5 Å². The second kappa shape index (κ2) is 8.57. The number of hydrogen-bond donors (Lipinski definition) is 1. The Balaban J connectivity index is 1.40. The topological polar surface area (TPSA) is 70.6 Å². The van der Waals surface area contributed by atoms with Crippen LogP contribution in [0.5, 0.6) is 0 Å². The molecule has 0 radical (unpaired) electrons. The summed E-state index contributed by atoms with van der Waals surface area (Å²) in [5, 5.41) is 3.12. The van der Waals surface area contributed by atoms with Crippen LogP contribution >= 0.6 is 0 Å². The quantitative estimate of drug-likeness (QED) is 0.709. The van der Waals surface area contributed by atoms with Crippen molar-refractivity contribution in [2.24, 2.45) is 0 Å². The van der Waals surface area contributed by atoms with Gasteiger partial charge in [0, 0.05) is 31.3 Å². The van der Waals surface area contributed by atoms with E-state index in [9.17, 15) is 18.0 Å². The Bertz CT molecular complexity index is 1140. The van der Waals surface area contributed by atoms with Crippen molar-refractivity contribution in [1.29, 1.82) is 0 Å². The molecule has 180 valence electrons. The van der Waals surface area contributed by atoms with Gasteiger partial charge in [0.25, 0.3) is 12.3 Å². The fourth-order valence-corrected chi connectivity index (χ4v) is 4.97. The molecule has 10 heteroatoms. The summed E-state index contributed by atoms with van der Waals surface area (Å²) >= 11 is 0. The first kappa shape index (κ1) is 22.6. The number of likely N-dealkylation sites (tertiary alicyclic amines) is 1. The highest BCUT2D eigenvalue weighted by Crippen LogP contribution is 2.38. The number of fused-ring (bicyclic) bond motifs is 1. The van der Waals surface area contributed by atoms with Crippen LogP contribution in [0, 0.1) is 5.82 Å². The van der Waals surface area contributed by atoms with Crippen LogP contribution in [0.25, 0.3) is 6.08 Å². The SMILES string of the molecule is C[C@@H](Nc1ncnc2c1C=C(C(=O)N1CC3(CCCO3)C1)CN2C)c1cccc(C(F)F)c1F. The van der Waals surface area contributed by atoms with E-state index in [-0.39, 0.29) is 17.1 Å². The molecule has 3 aliphatic heterocycles. The molecule has 2 aromatic rings. The van der Waals surface area contributed by atoms with E-state index < -0.39 is 23.8 Å². The molecule has 1 N–H and O–H groups in total.